The van der Waals surface area contributed by atoms with Crippen LogP contribution in [-0.4, -0.2) is 29.7 Å². The average Bonchev–Trinajstić information content (AvgIpc) is 2.78. The predicted octanol–water partition coefficient (Wildman–Crippen LogP) is 1.50. The molecule has 0 amide bonds. The van der Waals surface area contributed by atoms with Crippen LogP contribution in [0.15, 0.2) is 10.7 Å². The van der Waals surface area contributed by atoms with Crippen molar-refractivity contribution in [2.45, 2.75) is 44.8 Å². The van der Waals surface area contributed by atoms with Crippen molar-refractivity contribution in [3.8, 4) is 6.08 Å². The molecule has 0 radical (unpaired) electrons. The third kappa shape index (κ3) is 3.22. The van der Waals surface area contributed by atoms with Gasteiger partial charge < -0.3 is 19.6 Å². The third-order valence-corrected chi connectivity index (χ3v) is 2.90. The average molecular weight is 254 g/mol. The number of hydrogen-bond acceptors (Lipinski definition) is 6. The van der Waals surface area contributed by atoms with Crippen LogP contribution >= 0.6 is 0 Å². The number of rotatable bonds is 4. The monoisotopic (exact) mass is 254 g/mol. The minimum atomic E-state index is -0.503. The zero-order valence-corrected chi connectivity index (χ0v) is 10.4. The molecule has 0 spiro atoms. The second-order valence-corrected chi connectivity index (χ2v) is 4.39. The van der Waals surface area contributed by atoms with Crippen molar-refractivity contribution in [2.24, 2.45) is 5.73 Å². The molecule has 2 atom stereocenters. The Morgan fingerprint density at radius 1 is 1.61 bits per heavy atom. The van der Waals surface area contributed by atoms with Gasteiger partial charge in [-0.1, -0.05) is 0 Å². The Morgan fingerprint density at radius 3 is 3.17 bits per heavy atom. The topological polar surface area (TPSA) is 87.6 Å². The normalized spacial score (nSPS) is 23.7. The van der Waals surface area contributed by atoms with Gasteiger partial charge in [0.15, 0.2) is 5.69 Å². The third-order valence-electron chi connectivity index (χ3n) is 2.90. The fraction of sp³-hybridized carbons (Fsp3) is 0.667. The summed E-state index contributed by atoms with van der Waals surface area (Å²) in [6, 6.07) is 0.170. The van der Waals surface area contributed by atoms with Gasteiger partial charge in [0.2, 0.25) is 0 Å². The van der Waals surface area contributed by atoms with Gasteiger partial charge in [-0.05, 0) is 32.6 Å². The van der Waals surface area contributed by atoms with Crippen LogP contribution in [0.4, 0.5) is 0 Å². The molecule has 1 aromatic rings. The van der Waals surface area contributed by atoms with Crippen LogP contribution in [0, 0.1) is 0 Å². The smallest absolute Gasteiger partial charge is 0.394 e. The van der Waals surface area contributed by atoms with Crippen molar-refractivity contribution >= 4 is 5.97 Å². The number of aromatic nitrogens is 1. The minimum absolute atomic E-state index is 0.0162. The van der Waals surface area contributed by atoms with Gasteiger partial charge >= 0.3 is 12.0 Å². The van der Waals surface area contributed by atoms with Gasteiger partial charge in [-0.2, -0.15) is 4.98 Å². The molecule has 1 aliphatic carbocycles. The van der Waals surface area contributed by atoms with Crippen molar-refractivity contribution < 1.29 is 18.7 Å². The molecule has 100 valence electrons. The minimum Gasteiger partial charge on any atom is -0.461 e. The van der Waals surface area contributed by atoms with Crippen LogP contribution < -0.4 is 10.5 Å². The van der Waals surface area contributed by atoms with E-state index < -0.39 is 5.97 Å². The second-order valence-electron chi connectivity index (χ2n) is 4.39. The summed E-state index contributed by atoms with van der Waals surface area (Å²) in [5, 5.41) is 0. The maximum atomic E-state index is 11.4. The molecule has 0 bridgehead atoms. The molecule has 6 nitrogen and oxygen atoms in total. The summed E-state index contributed by atoms with van der Waals surface area (Å²) in [4.78, 5) is 15.3. The zero-order valence-electron chi connectivity index (χ0n) is 10.4. The highest BCUT2D eigenvalue weighted by Gasteiger charge is 2.23. The van der Waals surface area contributed by atoms with Gasteiger partial charge in [-0.3, -0.25) is 0 Å². The van der Waals surface area contributed by atoms with E-state index in [0.717, 1.165) is 25.7 Å². The highest BCUT2D eigenvalue weighted by Crippen LogP contribution is 2.22. The van der Waals surface area contributed by atoms with Crippen molar-refractivity contribution in [1.82, 2.24) is 4.98 Å². The number of ether oxygens (including phenoxy) is 2. The lowest BCUT2D eigenvalue weighted by molar-refractivity contribution is 0.0518. The molecule has 2 N–H and O–H groups in total. The lowest BCUT2D eigenvalue weighted by atomic mass is 9.94. The van der Waals surface area contributed by atoms with Gasteiger partial charge in [-0.15, -0.1) is 0 Å². The van der Waals surface area contributed by atoms with E-state index in [9.17, 15) is 4.79 Å². The first-order valence-corrected chi connectivity index (χ1v) is 6.24. The first kappa shape index (κ1) is 12.9. The van der Waals surface area contributed by atoms with E-state index in [1.54, 1.807) is 6.92 Å². The number of carbonyl (C=O) groups is 1. The molecule has 2 unspecified atom stereocenters. The van der Waals surface area contributed by atoms with Crippen LogP contribution in [0.3, 0.4) is 0 Å². The first-order chi connectivity index (χ1) is 8.69. The standard InChI is InChI=1S/C12H18N2O4/c1-2-16-11(15)10-7-17-12(14-10)18-9-5-3-4-8(13)6-9/h7-9H,2-6,13H2,1H3. The van der Waals surface area contributed by atoms with Crippen LogP contribution in [0.2, 0.25) is 0 Å². The fourth-order valence-electron chi connectivity index (χ4n) is 2.04. The van der Waals surface area contributed by atoms with Gasteiger partial charge in [0, 0.05) is 6.04 Å². The number of nitrogens with zero attached hydrogens (tertiary/aromatic N) is 1. The molecule has 1 heterocycles. The molecule has 0 saturated heterocycles. The second kappa shape index (κ2) is 5.86. The van der Waals surface area contributed by atoms with E-state index in [0.29, 0.717) is 6.61 Å². The summed E-state index contributed by atoms with van der Waals surface area (Å²) in [5.74, 6) is -0.503. The van der Waals surface area contributed by atoms with Crippen molar-refractivity contribution in [3.05, 3.63) is 12.0 Å². The summed E-state index contributed by atoms with van der Waals surface area (Å²) >= 11 is 0. The van der Waals surface area contributed by atoms with E-state index in [1.165, 1.54) is 6.26 Å². The molecule has 1 aliphatic rings. The molecule has 1 aromatic heterocycles. The van der Waals surface area contributed by atoms with E-state index in [-0.39, 0.29) is 23.9 Å². The van der Waals surface area contributed by atoms with E-state index >= 15 is 0 Å². The molecule has 2 rings (SSSR count). The Kier molecular flexibility index (Phi) is 4.19. The molecule has 6 heteroatoms. The molecule has 0 aliphatic heterocycles. The van der Waals surface area contributed by atoms with Crippen LogP contribution in [0.1, 0.15) is 43.1 Å². The fourth-order valence-corrected chi connectivity index (χ4v) is 2.04. The van der Waals surface area contributed by atoms with Crippen LogP contribution in [-0.2, 0) is 4.74 Å². The van der Waals surface area contributed by atoms with Crippen LogP contribution in [0.25, 0.3) is 0 Å². The lowest BCUT2D eigenvalue weighted by Gasteiger charge is -2.25. The lowest BCUT2D eigenvalue weighted by Crippen LogP contribution is -2.33. The Morgan fingerprint density at radius 2 is 2.44 bits per heavy atom. The first-order valence-electron chi connectivity index (χ1n) is 6.24. The van der Waals surface area contributed by atoms with Gasteiger partial charge in [-0.25, -0.2) is 4.79 Å². The maximum Gasteiger partial charge on any atom is 0.394 e. The molecular weight excluding hydrogens is 236 g/mol. The highest BCUT2D eigenvalue weighted by molar-refractivity contribution is 5.86. The largest absolute Gasteiger partial charge is 0.461 e. The molecule has 1 fully saturated rings. The number of oxazole rings is 1. The maximum absolute atomic E-state index is 11.4. The van der Waals surface area contributed by atoms with Gasteiger partial charge in [0.05, 0.1) is 6.61 Å². The number of carbonyl (C=O) groups excluding carboxylic acids is 1. The molecule has 0 aromatic carbocycles. The van der Waals surface area contributed by atoms with Crippen molar-refractivity contribution in [1.29, 1.82) is 0 Å². The zero-order chi connectivity index (χ0) is 13.0. The van der Waals surface area contributed by atoms with Crippen molar-refractivity contribution in [2.75, 3.05) is 6.61 Å². The van der Waals surface area contributed by atoms with Gasteiger partial charge in [0.1, 0.15) is 12.4 Å². The summed E-state index contributed by atoms with van der Waals surface area (Å²) in [6.45, 7) is 2.04. The summed E-state index contributed by atoms with van der Waals surface area (Å²) < 4.78 is 15.5. The Labute approximate surface area is 105 Å². The van der Waals surface area contributed by atoms with Gasteiger partial charge in [0.25, 0.3) is 0 Å². The number of esters is 1. The van der Waals surface area contributed by atoms with E-state index in [1.807, 2.05) is 0 Å². The SMILES string of the molecule is CCOC(=O)c1coc(OC2CCCC(N)C2)n1. The summed E-state index contributed by atoms with van der Waals surface area (Å²) in [7, 11) is 0. The van der Waals surface area contributed by atoms with Crippen LogP contribution in [0.5, 0.6) is 6.08 Å². The highest BCUT2D eigenvalue weighted by atomic mass is 16.6. The van der Waals surface area contributed by atoms with E-state index in [2.05, 4.69) is 4.98 Å². The quantitative estimate of drug-likeness (QED) is 0.819. The Bertz CT molecular complexity index is 405. The molecular formula is C12H18N2O4. The summed E-state index contributed by atoms with van der Waals surface area (Å²) in [5.41, 5.74) is 6.00. The molecule has 18 heavy (non-hydrogen) atoms. The Balaban J connectivity index is 1.91. The summed E-state index contributed by atoms with van der Waals surface area (Å²) in [6.07, 6.45) is 5.16. The predicted molar refractivity (Wildman–Crippen MR) is 63.3 cm³/mol. The number of nitrogens with two attached hydrogens (primary N) is 1. The van der Waals surface area contributed by atoms with Crippen molar-refractivity contribution in [3.63, 3.8) is 0 Å². The van der Waals surface area contributed by atoms with E-state index in [4.69, 9.17) is 19.6 Å². The number of hydrogen-bond donors (Lipinski definition) is 1. The Hall–Kier alpha value is -1.56. The molecule has 1 saturated carbocycles.